The van der Waals surface area contributed by atoms with E-state index in [1.54, 1.807) is 0 Å². The van der Waals surface area contributed by atoms with Crippen molar-refractivity contribution in [3.8, 4) is 0 Å². The Bertz CT molecular complexity index is 861. The second kappa shape index (κ2) is 39.4. The Morgan fingerprint density at radius 2 is 0.780 bits per heavy atom. The van der Waals surface area contributed by atoms with Gasteiger partial charge in [-0.1, -0.05) is 173 Å². The molecule has 0 aliphatic rings. The Morgan fingerprint density at radius 3 is 1.22 bits per heavy atom. The van der Waals surface area contributed by atoms with Crippen molar-refractivity contribution in [1.29, 1.82) is 0 Å². The van der Waals surface area contributed by atoms with Gasteiger partial charge in [0.2, 0.25) is 0 Å². The summed E-state index contributed by atoms with van der Waals surface area (Å²) < 4.78 is 16.6. The van der Waals surface area contributed by atoms with Crippen LogP contribution in [0.5, 0.6) is 0 Å². The van der Waals surface area contributed by atoms with Crippen LogP contribution in [0.3, 0.4) is 0 Å². The van der Waals surface area contributed by atoms with Crippen LogP contribution in [-0.2, 0) is 28.6 Å². The molecule has 0 aromatic carbocycles. The van der Waals surface area contributed by atoms with Gasteiger partial charge in [0.1, 0.15) is 13.2 Å². The fourth-order valence-corrected chi connectivity index (χ4v) is 5.75. The number of rotatable bonds is 37. The minimum atomic E-state index is -0.775. The second-order valence-electron chi connectivity index (χ2n) is 13.9. The summed E-state index contributed by atoms with van der Waals surface area (Å²) in [6, 6.07) is 0. The number of hydrogen-bond donors (Lipinski definition) is 0. The van der Waals surface area contributed by atoms with E-state index in [4.69, 9.17) is 14.2 Å². The zero-order valence-electron chi connectivity index (χ0n) is 32.9. The van der Waals surface area contributed by atoms with Crippen molar-refractivity contribution in [2.75, 3.05) is 13.2 Å². The quantitative estimate of drug-likeness (QED) is 0.0277. The van der Waals surface area contributed by atoms with E-state index in [2.05, 4.69) is 57.2 Å². The van der Waals surface area contributed by atoms with Crippen molar-refractivity contribution in [2.24, 2.45) is 0 Å². The Balaban J connectivity index is 4.39. The van der Waals surface area contributed by atoms with Crippen molar-refractivity contribution in [1.82, 2.24) is 0 Å². The van der Waals surface area contributed by atoms with E-state index in [9.17, 15) is 14.4 Å². The third-order valence-electron chi connectivity index (χ3n) is 8.91. The lowest BCUT2D eigenvalue weighted by Crippen LogP contribution is -2.30. The molecule has 0 rings (SSSR count). The highest BCUT2D eigenvalue weighted by molar-refractivity contribution is 5.71. The lowest BCUT2D eigenvalue weighted by molar-refractivity contribution is -0.167. The lowest BCUT2D eigenvalue weighted by atomic mass is 10.1. The largest absolute Gasteiger partial charge is 0.462 e. The summed E-state index contributed by atoms with van der Waals surface area (Å²) in [5.41, 5.74) is 0. The van der Waals surface area contributed by atoms with Gasteiger partial charge in [-0.15, -0.1) is 0 Å². The SMILES string of the molecule is CC/C=C\C/C=C\C/C=C\CCCCCC(=O)OCC(COC(=O)CCCCCCCCCC)OC(=O)CCCCCCCCCCCCC. The van der Waals surface area contributed by atoms with Crippen LogP contribution in [0, 0.1) is 0 Å². The molecule has 0 saturated carbocycles. The van der Waals surface area contributed by atoms with Gasteiger partial charge in [0, 0.05) is 19.3 Å². The van der Waals surface area contributed by atoms with E-state index in [-0.39, 0.29) is 31.1 Å². The summed E-state index contributed by atoms with van der Waals surface area (Å²) in [7, 11) is 0. The highest BCUT2D eigenvalue weighted by Crippen LogP contribution is 2.14. The van der Waals surface area contributed by atoms with Crippen molar-refractivity contribution >= 4 is 17.9 Å². The summed E-state index contributed by atoms with van der Waals surface area (Å²) in [5, 5.41) is 0. The number of carbonyl (C=O) groups is 3. The average molecular weight is 703 g/mol. The normalized spacial score (nSPS) is 12.3. The molecule has 0 saturated heterocycles. The topological polar surface area (TPSA) is 78.9 Å². The van der Waals surface area contributed by atoms with Crippen LogP contribution in [0.1, 0.15) is 207 Å². The summed E-state index contributed by atoms with van der Waals surface area (Å²) in [4.78, 5) is 37.5. The minimum absolute atomic E-state index is 0.0793. The lowest BCUT2D eigenvalue weighted by Gasteiger charge is -2.18. The molecular weight excluding hydrogens is 624 g/mol. The van der Waals surface area contributed by atoms with Gasteiger partial charge >= 0.3 is 17.9 Å². The maximum atomic E-state index is 12.6. The number of allylic oxidation sites excluding steroid dienone is 6. The first kappa shape index (κ1) is 47.6. The fourth-order valence-electron chi connectivity index (χ4n) is 5.75. The first-order valence-electron chi connectivity index (χ1n) is 21.0. The molecule has 6 nitrogen and oxygen atoms in total. The summed E-state index contributed by atoms with van der Waals surface area (Å²) in [6.07, 6.45) is 42.7. The molecule has 6 heteroatoms. The zero-order chi connectivity index (χ0) is 36.6. The summed E-state index contributed by atoms with van der Waals surface area (Å²) in [5.74, 6) is -0.916. The predicted molar refractivity (Wildman–Crippen MR) is 210 cm³/mol. The molecule has 1 unspecified atom stereocenters. The molecule has 0 aromatic rings. The smallest absolute Gasteiger partial charge is 0.306 e. The molecule has 1 atom stereocenters. The van der Waals surface area contributed by atoms with E-state index in [1.165, 1.54) is 83.5 Å². The van der Waals surface area contributed by atoms with Crippen molar-refractivity contribution in [2.45, 2.75) is 213 Å². The van der Waals surface area contributed by atoms with Crippen LogP contribution in [0.2, 0.25) is 0 Å². The van der Waals surface area contributed by atoms with Gasteiger partial charge in [-0.05, 0) is 51.4 Å². The molecule has 0 spiro atoms. The average Bonchev–Trinajstić information content (AvgIpc) is 3.11. The van der Waals surface area contributed by atoms with Crippen molar-refractivity contribution in [3.63, 3.8) is 0 Å². The standard InChI is InChI=1S/C44H78O6/c1-4-7-10-13-16-19-21-22-24-25-28-31-34-37-43(46)49-40-41(39-48-42(45)36-33-30-27-18-15-12-9-6-3)50-44(47)38-35-32-29-26-23-20-17-14-11-8-5-2/h7,10,16,19,22,24,41H,4-6,8-9,11-15,17-18,20-21,23,25-40H2,1-3H3/b10-7-,19-16-,24-22-. The van der Waals surface area contributed by atoms with Gasteiger partial charge in [-0.2, -0.15) is 0 Å². The number of carbonyl (C=O) groups excluding carboxylic acids is 3. The summed E-state index contributed by atoms with van der Waals surface area (Å²) in [6.45, 7) is 6.44. The van der Waals surface area contributed by atoms with Crippen LogP contribution in [0.4, 0.5) is 0 Å². The molecule has 0 fully saturated rings. The molecule has 0 aliphatic heterocycles. The highest BCUT2D eigenvalue weighted by Gasteiger charge is 2.19. The number of unbranched alkanes of at least 4 members (excludes halogenated alkanes) is 20. The van der Waals surface area contributed by atoms with Crippen LogP contribution in [0.25, 0.3) is 0 Å². The molecule has 290 valence electrons. The second-order valence-corrected chi connectivity index (χ2v) is 13.9. The molecule has 0 radical (unpaired) electrons. The van der Waals surface area contributed by atoms with Crippen LogP contribution >= 0.6 is 0 Å². The van der Waals surface area contributed by atoms with Gasteiger partial charge in [-0.25, -0.2) is 0 Å². The molecule has 0 N–H and O–H groups in total. The van der Waals surface area contributed by atoms with Gasteiger partial charge in [0.15, 0.2) is 6.10 Å². The minimum Gasteiger partial charge on any atom is -0.462 e. The number of esters is 3. The van der Waals surface area contributed by atoms with Gasteiger partial charge in [0.05, 0.1) is 0 Å². The zero-order valence-corrected chi connectivity index (χ0v) is 32.9. The Morgan fingerprint density at radius 1 is 0.420 bits per heavy atom. The van der Waals surface area contributed by atoms with E-state index >= 15 is 0 Å². The monoisotopic (exact) mass is 703 g/mol. The molecule has 0 heterocycles. The van der Waals surface area contributed by atoms with Crippen LogP contribution < -0.4 is 0 Å². The van der Waals surface area contributed by atoms with E-state index in [0.717, 1.165) is 83.5 Å². The van der Waals surface area contributed by atoms with E-state index < -0.39 is 6.10 Å². The van der Waals surface area contributed by atoms with E-state index in [1.807, 2.05) is 0 Å². The molecular formula is C44H78O6. The molecule has 0 amide bonds. The highest BCUT2D eigenvalue weighted by atomic mass is 16.6. The van der Waals surface area contributed by atoms with Gasteiger partial charge in [0.25, 0.3) is 0 Å². The molecule has 0 bridgehead atoms. The predicted octanol–water partition coefficient (Wildman–Crippen LogP) is 13.0. The molecule has 0 aromatic heterocycles. The fraction of sp³-hybridized carbons (Fsp3) is 0.795. The first-order valence-corrected chi connectivity index (χ1v) is 21.0. The Hall–Kier alpha value is -2.37. The van der Waals surface area contributed by atoms with E-state index in [0.29, 0.717) is 19.3 Å². The maximum Gasteiger partial charge on any atom is 0.306 e. The number of ether oxygens (including phenoxy) is 3. The Labute approximate surface area is 308 Å². The van der Waals surface area contributed by atoms with Crippen LogP contribution in [0.15, 0.2) is 36.5 Å². The third kappa shape index (κ3) is 36.9. The van der Waals surface area contributed by atoms with Crippen molar-refractivity contribution < 1.29 is 28.6 Å². The first-order chi connectivity index (χ1) is 24.5. The van der Waals surface area contributed by atoms with Gasteiger partial charge in [-0.3, -0.25) is 14.4 Å². The van der Waals surface area contributed by atoms with Crippen molar-refractivity contribution in [3.05, 3.63) is 36.5 Å². The third-order valence-corrected chi connectivity index (χ3v) is 8.91. The molecule has 0 aliphatic carbocycles. The Kier molecular flexibility index (Phi) is 37.5. The molecule has 50 heavy (non-hydrogen) atoms. The maximum absolute atomic E-state index is 12.6. The van der Waals surface area contributed by atoms with Crippen LogP contribution in [-0.4, -0.2) is 37.2 Å². The summed E-state index contributed by atoms with van der Waals surface area (Å²) >= 11 is 0. The number of hydrogen-bond acceptors (Lipinski definition) is 6. The van der Waals surface area contributed by atoms with Gasteiger partial charge < -0.3 is 14.2 Å².